The van der Waals surface area contributed by atoms with Gasteiger partial charge >= 0.3 is 6.18 Å². The molecule has 0 radical (unpaired) electrons. The van der Waals surface area contributed by atoms with Crippen LogP contribution >= 0.6 is 0 Å². The van der Waals surface area contributed by atoms with E-state index in [2.05, 4.69) is 10.6 Å². The quantitative estimate of drug-likeness (QED) is 0.830. The van der Waals surface area contributed by atoms with Gasteiger partial charge in [0.2, 0.25) is 11.8 Å². The normalized spacial score (nSPS) is 10.6. The van der Waals surface area contributed by atoms with Crippen molar-refractivity contribution in [1.82, 2.24) is 0 Å². The van der Waals surface area contributed by atoms with E-state index in [1.54, 1.807) is 12.1 Å². The number of alkyl halides is 3. The minimum absolute atomic E-state index is 0.142. The average Bonchev–Trinajstić information content (AvgIpc) is 2.54. The second kappa shape index (κ2) is 7.49. The summed E-state index contributed by atoms with van der Waals surface area (Å²) < 4.78 is 37.4. The van der Waals surface area contributed by atoms with Crippen LogP contribution in [0.25, 0.3) is 0 Å². The van der Waals surface area contributed by atoms with Crippen LogP contribution in [0.2, 0.25) is 0 Å². The van der Waals surface area contributed by atoms with Crippen molar-refractivity contribution in [2.75, 3.05) is 10.6 Å². The Morgan fingerprint density at radius 1 is 0.960 bits per heavy atom. The largest absolute Gasteiger partial charge is 0.416 e. The fourth-order valence-electron chi connectivity index (χ4n) is 1.98. The highest BCUT2D eigenvalue weighted by molar-refractivity contribution is 6.08. The molecular formula is C17H12F3N3O2. The summed E-state index contributed by atoms with van der Waals surface area (Å²) in [7, 11) is 0. The van der Waals surface area contributed by atoms with E-state index in [0.717, 1.165) is 24.3 Å². The molecule has 0 saturated heterocycles. The third-order valence-corrected chi connectivity index (χ3v) is 3.14. The second-order valence-electron chi connectivity index (χ2n) is 5.01. The number of para-hydroxylation sites is 1. The zero-order valence-corrected chi connectivity index (χ0v) is 12.7. The predicted octanol–water partition coefficient (Wildman–Crippen LogP) is 3.54. The van der Waals surface area contributed by atoms with Crippen molar-refractivity contribution in [2.45, 2.75) is 12.6 Å². The Hall–Kier alpha value is -3.34. The Labute approximate surface area is 141 Å². The molecule has 0 aliphatic heterocycles. The molecule has 2 aromatic rings. The van der Waals surface area contributed by atoms with E-state index in [0.29, 0.717) is 0 Å². The van der Waals surface area contributed by atoms with Gasteiger partial charge in [0.25, 0.3) is 0 Å². The number of carbonyl (C=O) groups is 2. The molecule has 2 amide bonds. The zero-order valence-electron chi connectivity index (χ0n) is 12.7. The number of nitriles is 1. The molecule has 0 saturated carbocycles. The molecule has 0 fully saturated rings. The first-order valence-corrected chi connectivity index (χ1v) is 7.05. The van der Waals surface area contributed by atoms with E-state index >= 15 is 0 Å². The van der Waals surface area contributed by atoms with Crippen molar-refractivity contribution in [1.29, 1.82) is 5.26 Å². The van der Waals surface area contributed by atoms with Crippen molar-refractivity contribution in [3.63, 3.8) is 0 Å². The number of nitrogens with one attached hydrogen (secondary N) is 2. The van der Waals surface area contributed by atoms with Crippen LogP contribution in [0.4, 0.5) is 24.5 Å². The molecule has 25 heavy (non-hydrogen) atoms. The first-order valence-electron chi connectivity index (χ1n) is 7.05. The van der Waals surface area contributed by atoms with Gasteiger partial charge in [-0.05, 0) is 36.4 Å². The van der Waals surface area contributed by atoms with Crippen LogP contribution in [0.1, 0.15) is 17.5 Å². The molecular weight excluding hydrogens is 335 g/mol. The number of nitrogens with zero attached hydrogens (tertiary/aromatic N) is 1. The fraction of sp³-hybridized carbons (Fsp3) is 0.118. The lowest BCUT2D eigenvalue weighted by atomic mass is 10.2. The predicted molar refractivity (Wildman–Crippen MR) is 84.5 cm³/mol. The molecule has 0 atom stereocenters. The van der Waals surface area contributed by atoms with Crippen molar-refractivity contribution in [3.8, 4) is 6.07 Å². The van der Waals surface area contributed by atoms with E-state index < -0.39 is 30.0 Å². The lowest BCUT2D eigenvalue weighted by Gasteiger charge is -2.09. The number of benzene rings is 2. The second-order valence-corrected chi connectivity index (χ2v) is 5.01. The third kappa shape index (κ3) is 5.07. The third-order valence-electron chi connectivity index (χ3n) is 3.14. The fourth-order valence-corrected chi connectivity index (χ4v) is 1.98. The summed E-state index contributed by atoms with van der Waals surface area (Å²) in [6, 6.07) is 12.1. The molecule has 2 aromatic carbocycles. The van der Waals surface area contributed by atoms with Crippen molar-refractivity contribution in [2.24, 2.45) is 0 Å². The minimum Gasteiger partial charge on any atom is -0.326 e. The highest BCUT2D eigenvalue weighted by atomic mass is 19.4. The van der Waals surface area contributed by atoms with Gasteiger partial charge in [-0.1, -0.05) is 12.1 Å². The number of halogens is 3. The SMILES string of the molecule is N#Cc1ccccc1NC(=O)CC(=O)Nc1ccc(C(F)(F)F)cc1. The number of hydrogen-bond acceptors (Lipinski definition) is 3. The Morgan fingerprint density at radius 3 is 2.16 bits per heavy atom. The first-order chi connectivity index (χ1) is 11.8. The summed E-state index contributed by atoms with van der Waals surface area (Å²) in [6.07, 6.45) is -5.00. The maximum atomic E-state index is 12.5. The van der Waals surface area contributed by atoms with Crippen molar-refractivity contribution in [3.05, 3.63) is 59.7 Å². The lowest BCUT2D eigenvalue weighted by molar-refractivity contribution is -0.137. The van der Waals surface area contributed by atoms with E-state index in [4.69, 9.17) is 5.26 Å². The summed E-state index contributed by atoms with van der Waals surface area (Å²) in [5.74, 6) is -1.33. The van der Waals surface area contributed by atoms with Crippen LogP contribution in [0.3, 0.4) is 0 Å². The molecule has 5 nitrogen and oxygen atoms in total. The first kappa shape index (κ1) is 18.0. The highest BCUT2D eigenvalue weighted by Crippen LogP contribution is 2.29. The molecule has 0 aliphatic carbocycles. The monoisotopic (exact) mass is 347 g/mol. The minimum atomic E-state index is -4.46. The Balaban J connectivity index is 1.94. The number of anilines is 2. The lowest BCUT2D eigenvalue weighted by Crippen LogP contribution is -2.21. The molecule has 2 rings (SSSR count). The average molecular weight is 347 g/mol. The van der Waals surface area contributed by atoms with Crippen molar-refractivity contribution < 1.29 is 22.8 Å². The van der Waals surface area contributed by atoms with Gasteiger partial charge in [-0.3, -0.25) is 9.59 Å². The van der Waals surface area contributed by atoms with Gasteiger partial charge < -0.3 is 10.6 Å². The smallest absolute Gasteiger partial charge is 0.326 e. The number of rotatable bonds is 4. The van der Waals surface area contributed by atoms with Gasteiger partial charge in [-0.2, -0.15) is 18.4 Å². The topological polar surface area (TPSA) is 82.0 Å². The van der Waals surface area contributed by atoms with Gasteiger partial charge in [-0.15, -0.1) is 0 Å². The van der Waals surface area contributed by atoms with E-state index in [1.807, 2.05) is 6.07 Å². The zero-order chi connectivity index (χ0) is 18.4. The van der Waals surface area contributed by atoms with Crippen LogP contribution in [0, 0.1) is 11.3 Å². The highest BCUT2D eigenvalue weighted by Gasteiger charge is 2.30. The van der Waals surface area contributed by atoms with Gasteiger partial charge in [0.05, 0.1) is 16.8 Å². The summed E-state index contributed by atoms with van der Waals surface area (Å²) in [5, 5.41) is 13.7. The van der Waals surface area contributed by atoms with Crippen LogP contribution in [-0.2, 0) is 15.8 Å². The Bertz CT molecular complexity index is 824. The standard InChI is InChI=1S/C17H12F3N3O2/c18-17(19,20)12-5-7-13(8-6-12)22-15(24)9-16(25)23-14-4-2-1-3-11(14)10-21/h1-8H,9H2,(H,22,24)(H,23,25). The van der Waals surface area contributed by atoms with Crippen LogP contribution in [0.15, 0.2) is 48.5 Å². The molecule has 2 N–H and O–H groups in total. The Kier molecular flexibility index (Phi) is 5.39. The Morgan fingerprint density at radius 2 is 1.56 bits per heavy atom. The van der Waals surface area contributed by atoms with E-state index in [-0.39, 0.29) is 16.9 Å². The summed E-state index contributed by atoms with van der Waals surface area (Å²) >= 11 is 0. The van der Waals surface area contributed by atoms with Crippen LogP contribution in [0.5, 0.6) is 0 Å². The molecule has 0 spiro atoms. The summed E-state index contributed by atoms with van der Waals surface area (Å²) in [5.41, 5.74) is -0.170. The van der Waals surface area contributed by atoms with Gasteiger partial charge in [0.1, 0.15) is 12.5 Å². The number of carbonyl (C=O) groups excluding carboxylic acids is 2. The van der Waals surface area contributed by atoms with E-state index in [9.17, 15) is 22.8 Å². The molecule has 0 unspecified atom stereocenters. The van der Waals surface area contributed by atoms with Gasteiger partial charge in [0, 0.05) is 5.69 Å². The van der Waals surface area contributed by atoms with Crippen LogP contribution < -0.4 is 10.6 Å². The molecule has 0 aliphatic rings. The molecule has 0 heterocycles. The number of amides is 2. The molecule has 0 bridgehead atoms. The molecule has 8 heteroatoms. The summed E-state index contributed by atoms with van der Waals surface area (Å²) in [6.45, 7) is 0. The van der Waals surface area contributed by atoms with Gasteiger partial charge in [0.15, 0.2) is 0 Å². The van der Waals surface area contributed by atoms with Crippen molar-refractivity contribution >= 4 is 23.2 Å². The maximum Gasteiger partial charge on any atom is 0.416 e. The maximum absolute atomic E-state index is 12.5. The molecule has 0 aromatic heterocycles. The van der Waals surface area contributed by atoms with Crippen LogP contribution in [-0.4, -0.2) is 11.8 Å². The van der Waals surface area contributed by atoms with E-state index in [1.165, 1.54) is 12.1 Å². The molecule has 128 valence electrons. The van der Waals surface area contributed by atoms with Gasteiger partial charge in [-0.25, -0.2) is 0 Å². The number of hydrogen-bond donors (Lipinski definition) is 2. The summed E-state index contributed by atoms with van der Waals surface area (Å²) in [4.78, 5) is 23.6.